The highest BCUT2D eigenvalue weighted by molar-refractivity contribution is 5.79. The topological polar surface area (TPSA) is 194 Å². The summed E-state index contributed by atoms with van der Waals surface area (Å²) in [4.78, 5) is 25.4. The predicted octanol–water partition coefficient (Wildman–Crippen LogP) is 2.70. The largest absolute Gasteiger partial charge is 0.481 e. The first-order valence-corrected chi connectivity index (χ1v) is 17.1. The van der Waals surface area contributed by atoms with Gasteiger partial charge in [0.1, 0.15) is 18.3 Å². The number of rotatable bonds is 5. The summed E-state index contributed by atoms with van der Waals surface area (Å²) in [6, 6.07) is 0. The van der Waals surface area contributed by atoms with Crippen LogP contribution in [0.1, 0.15) is 92.4 Å². The zero-order valence-corrected chi connectivity index (χ0v) is 27.8. The van der Waals surface area contributed by atoms with E-state index in [1.165, 1.54) is 0 Å². The van der Waals surface area contributed by atoms with Gasteiger partial charge in [0.2, 0.25) is 0 Å². The maximum atomic E-state index is 13.0. The molecule has 5 fully saturated rings. The molecule has 0 aromatic carbocycles. The van der Waals surface area contributed by atoms with E-state index < -0.39 is 70.4 Å². The second kappa shape index (κ2) is 11.0. The third kappa shape index (κ3) is 4.41. The first-order valence-electron chi connectivity index (χ1n) is 17.1. The molecule has 46 heavy (non-hydrogen) atoms. The van der Waals surface area contributed by atoms with E-state index in [9.17, 15) is 45.3 Å². The maximum Gasteiger partial charge on any atom is 0.310 e. The van der Waals surface area contributed by atoms with Crippen molar-refractivity contribution in [3.8, 4) is 0 Å². The van der Waals surface area contributed by atoms with Crippen LogP contribution in [-0.2, 0) is 19.1 Å². The van der Waals surface area contributed by atoms with E-state index in [0.29, 0.717) is 44.9 Å². The molecule has 0 aromatic heterocycles. The Morgan fingerprint density at radius 3 is 2.17 bits per heavy atom. The number of aliphatic carboxylic acids is 2. The van der Waals surface area contributed by atoms with Crippen LogP contribution < -0.4 is 0 Å². The van der Waals surface area contributed by atoms with E-state index in [1.807, 2.05) is 6.92 Å². The number of allylic oxidation sites excluding steroid dienone is 2. The lowest BCUT2D eigenvalue weighted by molar-refractivity contribution is -0.328. The lowest BCUT2D eigenvalue weighted by Gasteiger charge is -2.71. The van der Waals surface area contributed by atoms with Crippen LogP contribution in [0.2, 0.25) is 0 Å². The summed E-state index contributed by atoms with van der Waals surface area (Å²) in [6.07, 6.45) is -0.432. The van der Waals surface area contributed by atoms with Gasteiger partial charge in [0.25, 0.3) is 0 Å². The van der Waals surface area contributed by atoms with Crippen molar-refractivity contribution < 1.29 is 54.8 Å². The van der Waals surface area contributed by atoms with Crippen molar-refractivity contribution in [1.82, 2.24) is 0 Å². The molecule has 1 aliphatic heterocycles. The molecule has 5 aliphatic carbocycles. The molecule has 0 spiro atoms. The van der Waals surface area contributed by atoms with E-state index in [4.69, 9.17) is 9.47 Å². The minimum absolute atomic E-state index is 0.0713. The normalized spacial score (nSPS) is 55.2. The molecule has 1 heterocycles. The van der Waals surface area contributed by atoms with Gasteiger partial charge >= 0.3 is 11.9 Å². The number of carboxylic acid groups (broad SMARTS) is 2. The average molecular weight is 651 g/mol. The smallest absolute Gasteiger partial charge is 0.310 e. The number of carboxylic acids is 2. The Balaban J connectivity index is 1.35. The molecule has 4 saturated carbocycles. The quantitative estimate of drug-likeness (QED) is 0.171. The summed E-state index contributed by atoms with van der Waals surface area (Å²) in [6.45, 7) is 9.93. The lowest BCUT2D eigenvalue weighted by atomic mass is 9.33. The maximum absolute atomic E-state index is 13.0. The van der Waals surface area contributed by atoms with E-state index in [2.05, 4.69) is 26.8 Å². The standard InChI is InChI=1S/C35H54O11/c1-30(28(41)42)10-12-35(29(43)44)13-11-33(4)18(19(35)14-30)6-7-23-31(2)15-20(37)26(46-27-25(40)24(39)21(38)16-45-27)32(3,17-36)22(31)8-9-34(23,33)5/h6,19-27,36-40H,7-17H2,1-5H3,(H,41,42)(H,43,44). The number of ether oxygens (including phenoxy) is 2. The molecule has 15 unspecified atom stereocenters. The molecule has 0 bridgehead atoms. The van der Waals surface area contributed by atoms with Gasteiger partial charge in [-0.25, -0.2) is 0 Å². The molecule has 15 atom stereocenters. The molecule has 0 aromatic rings. The van der Waals surface area contributed by atoms with Crippen LogP contribution in [0.3, 0.4) is 0 Å². The van der Waals surface area contributed by atoms with Gasteiger partial charge in [-0.2, -0.15) is 0 Å². The number of carbonyl (C=O) groups is 2. The summed E-state index contributed by atoms with van der Waals surface area (Å²) < 4.78 is 11.7. The zero-order chi connectivity index (χ0) is 33.8. The molecule has 260 valence electrons. The Bertz CT molecular complexity index is 1290. The van der Waals surface area contributed by atoms with Crippen LogP contribution in [0.4, 0.5) is 0 Å². The van der Waals surface area contributed by atoms with Gasteiger partial charge in [-0.3, -0.25) is 9.59 Å². The SMILES string of the molecule is CC1(C(=O)O)CCC2(C(=O)O)CCC3(C)C(=CCC4C5(C)CC(O)C(OC6OCC(O)C(O)C6O)C(C)(CO)C5CCC43C)C2C1. The highest BCUT2D eigenvalue weighted by Crippen LogP contribution is 2.76. The van der Waals surface area contributed by atoms with Crippen molar-refractivity contribution in [2.45, 2.75) is 129 Å². The fourth-order valence-corrected chi connectivity index (χ4v) is 12.1. The highest BCUT2D eigenvalue weighted by atomic mass is 16.7. The summed E-state index contributed by atoms with van der Waals surface area (Å²) in [7, 11) is 0. The third-order valence-electron chi connectivity index (χ3n) is 15.1. The molecule has 11 nitrogen and oxygen atoms in total. The molecule has 1 saturated heterocycles. The fourth-order valence-electron chi connectivity index (χ4n) is 12.1. The molecule has 6 rings (SSSR count). The van der Waals surface area contributed by atoms with E-state index in [0.717, 1.165) is 18.4 Å². The molecule has 11 heteroatoms. The van der Waals surface area contributed by atoms with Crippen LogP contribution in [0.15, 0.2) is 11.6 Å². The number of fused-ring (bicyclic) bond motifs is 7. The second-order valence-electron chi connectivity index (χ2n) is 17.1. The van der Waals surface area contributed by atoms with Crippen LogP contribution in [-0.4, -0.2) is 97.7 Å². The first-order chi connectivity index (χ1) is 21.3. The number of aliphatic hydroxyl groups is 5. The first kappa shape index (κ1) is 34.3. The second-order valence-corrected chi connectivity index (χ2v) is 17.1. The van der Waals surface area contributed by atoms with Gasteiger partial charge in [0.05, 0.1) is 36.3 Å². The number of hydrogen-bond acceptors (Lipinski definition) is 9. The Labute approximate surface area is 271 Å². The summed E-state index contributed by atoms with van der Waals surface area (Å²) in [5, 5.41) is 74.3. The van der Waals surface area contributed by atoms with Gasteiger partial charge in [0, 0.05) is 5.41 Å². The average Bonchev–Trinajstić information content (AvgIpc) is 2.99. The lowest BCUT2D eigenvalue weighted by Crippen LogP contribution is -2.69. The van der Waals surface area contributed by atoms with E-state index >= 15 is 0 Å². The van der Waals surface area contributed by atoms with Crippen molar-refractivity contribution in [2.75, 3.05) is 13.2 Å². The summed E-state index contributed by atoms with van der Waals surface area (Å²) in [5.41, 5.74) is -2.84. The van der Waals surface area contributed by atoms with Crippen LogP contribution in [0, 0.1) is 50.2 Å². The van der Waals surface area contributed by atoms with Gasteiger partial charge in [-0.05, 0) is 98.7 Å². The van der Waals surface area contributed by atoms with Crippen LogP contribution in [0.25, 0.3) is 0 Å². The molecular weight excluding hydrogens is 596 g/mol. The Morgan fingerprint density at radius 1 is 0.870 bits per heavy atom. The molecule has 6 aliphatic rings. The van der Waals surface area contributed by atoms with Crippen molar-refractivity contribution in [2.24, 2.45) is 50.2 Å². The Kier molecular flexibility index (Phi) is 8.16. The van der Waals surface area contributed by atoms with Gasteiger partial charge in [0.15, 0.2) is 6.29 Å². The fraction of sp³-hybridized carbons (Fsp3) is 0.886. The van der Waals surface area contributed by atoms with Crippen molar-refractivity contribution in [3.63, 3.8) is 0 Å². The van der Waals surface area contributed by atoms with Gasteiger partial charge in [-0.15, -0.1) is 0 Å². The third-order valence-corrected chi connectivity index (χ3v) is 15.1. The monoisotopic (exact) mass is 650 g/mol. The molecule has 7 N–H and O–H groups in total. The minimum atomic E-state index is -1.52. The molecule has 0 amide bonds. The van der Waals surface area contributed by atoms with Gasteiger partial charge in [-0.1, -0.05) is 39.3 Å². The van der Waals surface area contributed by atoms with Crippen molar-refractivity contribution >= 4 is 11.9 Å². The minimum Gasteiger partial charge on any atom is -0.481 e. The van der Waals surface area contributed by atoms with Crippen molar-refractivity contribution in [1.29, 1.82) is 0 Å². The molecule has 0 radical (unpaired) electrons. The van der Waals surface area contributed by atoms with Crippen LogP contribution in [0.5, 0.6) is 0 Å². The molecular formula is C35H54O11. The Hall–Kier alpha value is -1.60. The zero-order valence-electron chi connectivity index (χ0n) is 27.8. The van der Waals surface area contributed by atoms with E-state index in [1.54, 1.807) is 6.92 Å². The number of hydrogen-bond donors (Lipinski definition) is 7. The summed E-state index contributed by atoms with van der Waals surface area (Å²) in [5.74, 6) is -2.05. The Morgan fingerprint density at radius 2 is 1.54 bits per heavy atom. The number of aliphatic hydroxyl groups excluding tert-OH is 5. The van der Waals surface area contributed by atoms with E-state index in [-0.39, 0.29) is 41.8 Å². The van der Waals surface area contributed by atoms with Gasteiger partial charge < -0.3 is 45.2 Å². The van der Waals surface area contributed by atoms with Crippen LogP contribution >= 0.6 is 0 Å². The summed E-state index contributed by atoms with van der Waals surface area (Å²) >= 11 is 0. The van der Waals surface area contributed by atoms with Crippen molar-refractivity contribution in [3.05, 3.63) is 11.6 Å². The predicted molar refractivity (Wildman–Crippen MR) is 164 cm³/mol. The highest BCUT2D eigenvalue weighted by Gasteiger charge is 2.71.